The number of hydrogen-bond donors (Lipinski definition) is 0. The van der Waals surface area contributed by atoms with E-state index in [1.54, 1.807) is 42.5 Å². The molecule has 5 heteroatoms. The minimum Gasteiger partial charge on any atom is -0.423 e. The van der Waals surface area contributed by atoms with E-state index in [2.05, 4.69) is 0 Å². The van der Waals surface area contributed by atoms with Gasteiger partial charge < -0.3 is 4.74 Å². The fraction of sp³-hybridized carbons (Fsp3) is 0.0800. The smallest absolute Gasteiger partial charge is 0.336 e. The molecule has 2 amide bonds. The summed E-state index contributed by atoms with van der Waals surface area (Å²) in [6.07, 6.45) is 3.60. The predicted molar refractivity (Wildman–Crippen MR) is 113 cm³/mol. The Morgan fingerprint density at radius 3 is 2.03 bits per heavy atom. The number of fused-ring (bicyclic) bond motifs is 1. The molecule has 1 aliphatic rings. The van der Waals surface area contributed by atoms with Crippen molar-refractivity contribution < 1.29 is 19.1 Å². The fourth-order valence-electron chi connectivity index (χ4n) is 3.29. The first kappa shape index (κ1) is 19.3. The maximum atomic E-state index is 12.4. The Morgan fingerprint density at radius 1 is 0.800 bits per heavy atom. The number of rotatable bonds is 6. The van der Waals surface area contributed by atoms with E-state index in [0.717, 1.165) is 11.1 Å². The lowest BCUT2D eigenvalue weighted by Gasteiger charge is -2.13. The number of esters is 1. The Labute approximate surface area is 174 Å². The van der Waals surface area contributed by atoms with Crippen LogP contribution in [0, 0.1) is 0 Å². The number of ether oxygens (including phenoxy) is 1. The maximum Gasteiger partial charge on any atom is 0.336 e. The lowest BCUT2D eigenvalue weighted by Crippen LogP contribution is -2.31. The molecule has 0 bridgehead atoms. The van der Waals surface area contributed by atoms with E-state index >= 15 is 0 Å². The summed E-state index contributed by atoms with van der Waals surface area (Å²) in [6.45, 7) is 0.297. The van der Waals surface area contributed by atoms with Crippen LogP contribution in [0.2, 0.25) is 0 Å². The molecule has 148 valence electrons. The van der Waals surface area contributed by atoms with Crippen molar-refractivity contribution in [2.24, 2.45) is 0 Å². The molecule has 0 saturated heterocycles. The van der Waals surface area contributed by atoms with Gasteiger partial charge in [0.15, 0.2) is 0 Å². The molecule has 30 heavy (non-hydrogen) atoms. The molecule has 0 saturated carbocycles. The summed E-state index contributed by atoms with van der Waals surface area (Å²) in [7, 11) is 0. The van der Waals surface area contributed by atoms with E-state index in [1.807, 2.05) is 42.5 Å². The molecule has 5 nitrogen and oxygen atoms in total. The monoisotopic (exact) mass is 397 g/mol. The van der Waals surface area contributed by atoms with Crippen molar-refractivity contribution in [1.82, 2.24) is 4.90 Å². The molecule has 0 atom stereocenters. The molecular formula is C25H19NO4. The molecule has 3 aromatic carbocycles. The minimum absolute atomic E-state index is 0.258. The van der Waals surface area contributed by atoms with Gasteiger partial charge in [-0.3, -0.25) is 14.5 Å². The molecule has 4 rings (SSSR count). The number of carbonyl (C=O) groups is 3. The lowest BCUT2D eigenvalue weighted by molar-refractivity contribution is -0.128. The SMILES string of the molecule is O=C(/C=C/c1ccccc1)Oc1ccc(CCN2C(=O)c3ccccc3C2=O)cc1. The molecular weight excluding hydrogens is 378 g/mol. The van der Waals surface area contributed by atoms with Crippen molar-refractivity contribution in [2.45, 2.75) is 6.42 Å². The average molecular weight is 397 g/mol. The van der Waals surface area contributed by atoms with Crippen molar-refractivity contribution in [1.29, 1.82) is 0 Å². The van der Waals surface area contributed by atoms with Gasteiger partial charge >= 0.3 is 5.97 Å². The third-order valence-electron chi connectivity index (χ3n) is 4.86. The molecule has 0 radical (unpaired) electrons. The van der Waals surface area contributed by atoms with Crippen LogP contribution in [0.3, 0.4) is 0 Å². The van der Waals surface area contributed by atoms with E-state index < -0.39 is 5.97 Å². The van der Waals surface area contributed by atoms with Crippen LogP contribution < -0.4 is 4.74 Å². The quantitative estimate of drug-likeness (QED) is 0.271. The van der Waals surface area contributed by atoms with Gasteiger partial charge in [-0.25, -0.2) is 4.79 Å². The number of carbonyl (C=O) groups excluding carboxylic acids is 3. The Hall–Kier alpha value is -3.99. The van der Waals surface area contributed by atoms with Crippen molar-refractivity contribution in [3.8, 4) is 5.75 Å². The lowest BCUT2D eigenvalue weighted by atomic mass is 10.1. The van der Waals surface area contributed by atoms with Gasteiger partial charge in [0.05, 0.1) is 11.1 Å². The first-order chi connectivity index (χ1) is 14.6. The zero-order valence-electron chi connectivity index (χ0n) is 16.2. The summed E-state index contributed by atoms with van der Waals surface area (Å²) in [6, 6.07) is 23.4. The maximum absolute atomic E-state index is 12.4. The van der Waals surface area contributed by atoms with Crippen molar-refractivity contribution in [3.63, 3.8) is 0 Å². The Morgan fingerprint density at radius 2 is 1.40 bits per heavy atom. The van der Waals surface area contributed by atoms with Crippen LogP contribution in [0.1, 0.15) is 31.8 Å². The van der Waals surface area contributed by atoms with Crippen LogP contribution in [0.4, 0.5) is 0 Å². The third kappa shape index (κ3) is 4.20. The molecule has 3 aromatic rings. The fourth-order valence-corrected chi connectivity index (χ4v) is 3.29. The first-order valence-electron chi connectivity index (χ1n) is 9.61. The molecule has 0 N–H and O–H groups in total. The standard InChI is InChI=1S/C25H19NO4/c27-23(15-12-18-6-2-1-3-7-18)30-20-13-10-19(11-14-20)16-17-26-24(28)21-8-4-5-9-22(21)25(26)29/h1-15H,16-17H2/b15-12+. The second-order valence-corrected chi connectivity index (χ2v) is 6.87. The predicted octanol–water partition coefficient (Wildman–Crippen LogP) is 4.14. The molecule has 0 aliphatic carbocycles. The Kier molecular flexibility index (Phi) is 5.52. The molecule has 0 spiro atoms. The van der Waals surface area contributed by atoms with Gasteiger partial charge in [0.25, 0.3) is 11.8 Å². The van der Waals surface area contributed by atoms with E-state index in [1.165, 1.54) is 11.0 Å². The second-order valence-electron chi connectivity index (χ2n) is 6.87. The minimum atomic E-state index is -0.461. The second kappa shape index (κ2) is 8.57. The summed E-state index contributed by atoms with van der Waals surface area (Å²) in [5.41, 5.74) is 2.76. The van der Waals surface area contributed by atoms with Gasteiger partial charge in [0.1, 0.15) is 5.75 Å². The highest BCUT2D eigenvalue weighted by molar-refractivity contribution is 6.21. The average Bonchev–Trinajstić information content (AvgIpc) is 3.03. The van der Waals surface area contributed by atoms with Crippen LogP contribution in [0.25, 0.3) is 6.08 Å². The molecule has 0 fully saturated rings. The summed E-state index contributed by atoms with van der Waals surface area (Å²) in [5, 5.41) is 0. The summed E-state index contributed by atoms with van der Waals surface area (Å²) < 4.78 is 5.30. The highest BCUT2D eigenvalue weighted by Crippen LogP contribution is 2.23. The molecule has 1 heterocycles. The van der Waals surface area contributed by atoms with E-state index in [0.29, 0.717) is 29.8 Å². The molecule has 1 aliphatic heterocycles. The summed E-state index contributed by atoms with van der Waals surface area (Å²) in [5.74, 6) is -0.544. The zero-order chi connectivity index (χ0) is 20.9. The number of amides is 2. The van der Waals surface area contributed by atoms with E-state index in [9.17, 15) is 14.4 Å². The molecule has 0 aromatic heterocycles. The molecule has 0 unspecified atom stereocenters. The van der Waals surface area contributed by atoms with Crippen LogP contribution >= 0.6 is 0 Å². The van der Waals surface area contributed by atoms with Crippen molar-refractivity contribution >= 4 is 23.9 Å². The highest BCUT2D eigenvalue weighted by Gasteiger charge is 2.34. The topological polar surface area (TPSA) is 63.7 Å². The van der Waals surface area contributed by atoms with Gasteiger partial charge in [0, 0.05) is 12.6 Å². The van der Waals surface area contributed by atoms with Crippen LogP contribution in [-0.2, 0) is 11.2 Å². The number of nitrogens with zero attached hydrogens (tertiary/aromatic N) is 1. The van der Waals surface area contributed by atoms with Crippen LogP contribution in [0.15, 0.2) is 84.9 Å². The van der Waals surface area contributed by atoms with Crippen LogP contribution in [-0.4, -0.2) is 29.2 Å². The summed E-state index contributed by atoms with van der Waals surface area (Å²) >= 11 is 0. The number of hydrogen-bond acceptors (Lipinski definition) is 4. The van der Waals surface area contributed by atoms with Gasteiger partial charge in [0.2, 0.25) is 0 Å². The van der Waals surface area contributed by atoms with Crippen molar-refractivity contribution in [2.75, 3.05) is 6.54 Å². The van der Waals surface area contributed by atoms with Gasteiger partial charge in [-0.15, -0.1) is 0 Å². The van der Waals surface area contributed by atoms with Gasteiger partial charge in [-0.05, 0) is 47.9 Å². The Bertz CT molecular complexity index is 1080. The summed E-state index contributed by atoms with van der Waals surface area (Å²) in [4.78, 5) is 38.0. The largest absolute Gasteiger partial charge is 0.423 e. The van der Waals surface area contributed by atoms with Crippen LogP contribution in [0.5, 0.6) is 5.75 Å². The zero-order valence-corrected chi connectivity index (χ0v) is 16.2. The van der Waals surface area contributed by atoms with Gasteiger partial charge in [-0.2, -0.15) is 0 Å². The Balaban J connectivity index is 1.32. The first-order valence-corrected chi connectivity index (χ1v) is 9.61. The van der Waals surface area contributed by atoms with Gasteiger partial charge in [-0.1, -0.05) is 54.6 Å². The number of benzene rings is 3. The normalized spacial score (nSPS) is 13.0. The van der Waals surface area contributed by atoms with Crippen molar-refractivity contribution in [3.05, 3.63) is 107 Å². The third-order valence-corrected chi connectivity index (χ3v) is 4.86. The van der Waals surface area contributed by atoms with E-state index in [4.69, 9.17) is 4.74 Å². The number of imide groups is 1. The van der Waals surface area contributed by atoms with E-state index in [-0.39, 0.29) is 11.8 Å². The highest BCUT2D eigenvalue weighted by atomic mass is 16.5.